The molecule has 1 heterocycles. The fourth-order valence-electron chi connectivity index (χ4n) is 2.05. The lowest BCUT2D eigenvalue weighted by atomic mass is 10.00. The van der Waals surface area contributed by atoms with Gasteiger partial charge in [-0.3, -0.25) is 0 Å². The van der Waals surface area contributed by atoms with E-state index in [1.165, 1.54) is 5.56 Å². The van der Waals surface area contributed by atoms with Crippen LogP contribution in [0.5, 0.6) is 5.75 Å². The first-order valence-corrected chi connectivity index (χ1v) is 7.09. The number of hydrogen-bond acceptors (Lipinski definition) is 3. The van der Waals surface area contributed by atoms with E-state index in [0.29, 0.717) is 22.0 Å². The number of rotatable bonds is 3. The van der Waals surface area contributed by atoms with E-state index in [2.05, 4.69) is 53.0 Å². The molecule has 0 aliphatic heterocycles. The van der Waals surface area contributed by atoms with Crippen molar-refractivity contribution in [1.29, 1.82) is 5.26 Å². The number of nitriles is 1. The van der Waals surface area contributed by atoms with E-state index in [4.69, 9.17) is 10.00 Å². The summed E-state index contributed by atoms with van der Waals surface area (Å²) in [7, 11) is 3.51. The predicted molar refractivity (Wildman–Crippen MR) is 81.7 cm³/mol. The molecule has 0 aliphatic carbocycles. The molecule has 0 saturated carbocycles. The minimum Gasteiger partial charge on any atom is -0.496 e. The SMILES string of the molecule is COc1ccc(C(C)C)cc1-c1nc(C#N)c(Br)n1C. The van der Waals surface area contributed by atoms with Crippen LogP contribution in [0.1, 0.15) is 31.0 Å². The van der Waals surface area contributed by atoms with Gasteiger partial charge in [0.05, 0.1) is 12.7 Å². The van der Waals surface area contributed by atoms with Crippen molar-refractivity contribution in [3.63, 3.8) is 0 Å². The van der Waals surface area contributed by atoms with Crippen LogP contribution in [0.2, 0.25) is 0 Å². The largest absolute Gasteiger partial charge is 0.496 e. The average Bonchev–Trinajstić information content (AvgIpc) is 2.74. The maximum Gasteiger partial charge on any atom is 0.173 e. The third kappa shape index (κ3) is 2.44. The molecule has 0 radical (unpaired) electrons. The summed E-state index contributed by atoms with van der Waals surface area (Å²) >= 11 is 3.39. The lowest BCUT2D eigenvalue weighted by Gasteiger charge is -2.12. The van der Waals surface area contributed by atoms with Crippen LogP contribution in [0.15, 0.2) is 22.8 Å². The van der Waals surface area contributed by atoms with E-state index >= 15 is 0 Å². The second-order valence-electron chi connectivity index (χ2n) is 4.86. The van der Waals surface area contributed by atoms with E-state index in [9.17, 15) is 0 Å². The zero-order valence-corrected chi connectivity index (χ0v) is 13.5. The van der Waals surface area contributed by atoms with Crippen LogP contribution < -0.4 is 4.74 Å². The van der Waals surface area contributed by atoms with Crippen LogP contribution in [0.25, 0.3) is 11.4 Å². The molecular formula is C15H16BrN3O. The Morgan fingerprint density at radius 3 is 2.60 bits per heavy atom. The monoisotopic (exact) mass is 333 g/mol. The third-order valence-electron chi connectivity index (χ3n) is 3.26. The Kier molecular flexibility index (Phi) is 4.15. The molecule has 0 spiro atoms. The molecule has 4 nitrogen and oxygen atoms in total. The molecule has 0 N–H and O–H groups in total. The molecule has 1 aromatic carbocycles. The summed E-state index contributed by atoms with van der Waals surface area (Å²) in [6, 6.07) is 8.15. The van der Waals surface area contributed by atoms with E-state index in [1.807, 2.05) is 17.7 Å². The second-order valence-corrected chi connectivity index (χ2v) is 5.61. The van der Waals surface area contributed by atoms with Gasteiger partial charge in [0.1, 0.15) is 22.2 Å². The second kappa shape index (κ2) is 5.68. The number of hydrogen-bond donors (Lipinski definition) is 0. The highest BCUT2D eigenvalue weighted by molar-refractivity contribution is 9.10. The predicted octanol–water partition coefficient (Wildman–Crippen LogP) is 3.85. The Hall–Kier alpha value is -1.80. The van der Waals surface area contributed by atoms with Gasteiger partial charge in [0.15, 0.2) is 5.69 Å². The van der Waals surface area contributed by atoms with Gasteiger partial charge in [0, 0.05) is 7.05 Å². The van der Waals surface area contributed by atoms with Crippen molar-refractivity contribution in [3.8, 4) is 23.2 Å². The van der Waals surface area contributed by atoms with Crippen LogP contribution in [-0.2, 0) is 7.05 Å². The maximum absolute atomic E-state index is 9.09. The van der Waals surface area contributed by atoms with Gasteiger partial charge in [0.25, 0.3) is 0 Å². The van der Waals surface area contributed by atoms with E-state index in [0.717, 1.165) is 11.3 Å². The molecule has 0 aliphatic rings. The lowest BCUT2D eigenvalue weighted by molar-refractivity contribution is 0.415. The first-order chi connectivity index (χ1) is 9.49. The Labute approximate surface area is 127 Å². The van der Waals surface area contributed by atoms with Gasteiger partial charge in [-0.15, -0.1) is 0 Å². The average molecular weight is 334 g/mol. The van der Waals surface area contributed by atoms with Gasteiger partial charge >= 0.3 is 0 Å². The molecule has 0 unspecified atom stereocenters. The fraction of sp³-hybridized carbons (Fsp3) is 0.333. The topological polar surface area (TPSA) is 50.8 Å². The number of benzene rings is 1. The number of methoxy groups -OCH3 is 1. The minimum absolute atomic E-state index is 0.375. The first kappa shape index (κ1) is 14.6. The highest BCUT2D eigenvalue weighted by Crippen LogP contribution is 2.34. The van der Waals surface area contributed by atoms with E-state index < -0.39 is 0 Å². The summed E-state index contributed by atoms with van der Waals surface area (Å²) in [5.74, 6) is 1.88. The van der Waals surface area contributed by atoms with Crippen molar-refractivity contribution in [2.75, 3.05) is 7.11 Å². The Morgan fingerprint density at radius 2 is 2.10 bits per heavy atom. The molecule has 5 heteroatoms. The molecule has 20 heavy (non-hydrogen) atoms. The quantitative estimate of drug-likeness (QED) is 0.857. The highest BCUT2D eigenvalue weighted by Gasteiger charge is 2.18. The molecule has 0 fully saturated rings. The summed E-state index contributed by atoms with van der Waals surface area (Å²) in [5, 5.41) is 9.09. The van der Waals surface area contributed by atoms with Crippen LogP contribution >= 0.6 is 15.9 Å². The third-order valence-corrected chi connectivity index (χ3v) is 4.17. The number of halogens is 1. The van der Waals surface area contributed by atoms with Gasteiger partial charge < -0.3 is 9.30 Å². The van der Waals surface area contributed by atoms with Gasteiger partial charge in [-0.25, -0.2) is 4.98 Å². The smallest absolute Gasteiger partial charge is 0.173 e. The summed E-state index contributed by atoms with van der Waals surface area (Å²) in [6.45, 7) is 4.28. The molecule has 0 atom stereocenters. The molecule has 0 saturated heterocycles. The molecule has 1 aromatic heterocycles. The summed E-state index contributed by atoms with van der Waals surface area (Å²) < 4.78 is 7.94. The van der Waals surface area contributed by atoms with Crippen molar-refractivity contribution in [2.24, 2.45) is 7.05 Å². The lowest BCUT2D eigenvalue weighted by Crippen LogP contribution is -1.98. The Bertz CT molecular complexity index is 683. The van der Waals surface area contributed by atoms with Gasteiger partial charge in [-0.1, -0.05) is 19.9 Å². The summed E-state index contributed by atoms with van der Waals surface area (Å²) in [4.78, 5) is 4.38. The maximum atomic E-state index is 9.09. The van der Waals surface area contributed by atoms with Gasteiger partial charge in [-0.05, 0) is 39.5 Å². The van der Waals surface area contributed by atoms with Crippen molar-refractivity contribution in [1.82, 2.24) is 9.55 Å². The molecular weight excluding hydrogens is 318 g/mol. The first-order valence-electron chi connectivity index (χ1n) is 6.30. The zero-order valence-electron chi connectivity index (χ0n) is 11.9. The normalized spacial score (nSPS) is 10.7. The molecule has 2 aromatic rings. The highest BCUT2D eigenvalue weighted by atomic mass is 79.9. The number of nitrogens with zero attached hydrogens (tertiary/aromatic N) is 3. The van der Waals surface area contributed by atoms with Crippen molar-refractivity contribution >= 4 is 15.9 Å². The van der Waals surface area contributed by atoms with Crippen molar-refractivity contribution in [2.45, 2.75) is 19.8 Å². The number of ether oxygens (including phenoxy) is 1. The van der Waals surface area contributed by atoms with Crippen LogP contribution in [0.4, 0.5) is 0 Å². The number of aromatic nitrogens is 2. The number of imidazole rings is 1. The minimum atomic E-state index is 0.375. The fourth-order valence-corrected chi connectivity index (χ4v) is 2.40. The van der Waals surface area contributed by atoms with Gasteiger partial charge in [0.2, 0.25) is 0 Å². The molecule has 0 amide bonds. The van der Waals surface area contributed by atoms with Crippen LogP contribution in [0, 0.1) is 11.3 Å². The van der Waals surface area contributed by atoms with Crippen LogP contribution in [-0.4, -0.2) is 16.7 Å². The Balaban J connectivity index is 2.68. The van der Waals surface area contributed by atoms with Crippen molar-refractivity contribution < 1.29 is 4.74 Å². The van der Waals surface area contributed by atoms with Crippen molar-refractivity contribution in [3.05, 3.63) is 34.1 Å². The summed E-state index contributed by atoms with van der Waals surface area (Å²) in [5.41, 5.74) is 2.47. The standard InChI is InChI=1S/C15H16BrN3O/c1-9(2)10-5-6-13(20-4)11(7-10)15-18-12(8-17)14(16)19(15)3/h5-7,9H,1-4H3. The van der Waals surface area contributed by atoms with E-state index in [1.54, 1.807) is 7.11 Å². The molecule has 0 bridgehead atoms. The summed E-state index contributed by atoms with van der Waals surface area (Å²) in [6.07, 6.45) is 0. The zero-order chi connectivity index (χ0) is 14.9. The molecule has 2 rings (SSSR count). The van der Waals surface area contributed by atoms with Gasteiger partial charge in [-0.2, -0.15) is 5.26 Å². The van der Waals surface area contributed by atoms with Crippen LogP contribution in [0.3, 0.4) is 0 Å². The van der Waals surface area contributed by atoms with E-state index in [-0.39, 0.29) is 0 Å². The molecule has 104 valence electrons. The Morgan fingerprint density at radius 1 is 1.40 bits per heavy atom.